The van der Waals surface area contributed by atoms with Gasteiger partial charge in [0.05, 0.1) is 12.2 Å². The zero-order valence-corrected chi connectivity index (χ0v) is 17.2. The lowest BCUT2D eigenvalue weighted by Gasteiger charge is -2.29. The van der Waals surface area contributed by atoms with Gasteiger partial charge in [-0.3, -0.25) is 0 Å². The summed E-state index contributed by atoms with van der Waals surface area (Å²) < 4.78 is 5.74. The van der Waals surface area contributed by atoms with Crippen LogP contribution in [0.5, 0.6) is 0 Å². The third kappa shape index (κ3) is 16.5. The lowest BCUT2D eigenvalue weighted by atomic mass is 9.96. The maximum atomic E-state index is 5.74. The molecule has 3 N–H and O–H groups in total. The van der Waals surface area contributed by atoms with E-state index in [0.29, 0.717) is 6.04 Å². The summed E-state index contributed by atoms with van der Waals surface area (Å²) in [5, 5.41) is 10.7. The molecule has 0 bridgehead atoms. The van der Waals surface area contributed by atoms with Gasteiger partial charge in [0.25, 0.3) is 0 Å². The predicted octanol–water partition coefficient (Wildman–Crippen LogP) is 3.32. The molecule has 0 aromatic carbocycles. The second kappa shape index (κ2) is 9.97. The summed E-state index contributed by atoms with van der Waals surface area (Å²) in [6, 6.07) is 0.521. The van der Waals surface area contributed by atoms with Crippen molar-refractivity contribution in [2.24, 2.45) is 0 Å². The number of rotatable bonds is 11. The molecule has 4 heteroatoms. The van der Waals surface area contributed by atoms with E-state index >= 15 is 0 Å². The lowest BCUT2D eigenvalue weighted by Crippen LogP contribution is -2.46. The zero-order chi connectivity index (χ0) is 18.1. The molecule has 0 aromatic heterocycles. The Hall–Kier alpha value is -0.160. The second-order valence-corrected chi connectivity index (χ2v) is 9.34. The fourth-order valence-electron chi connectivity index (χ4n) is 2.27. The minimum absolute atomic E-state index is 0.0437. The Morgan fingerprint density at radius 3 is 1.91 bits per heavy atom. The molecule has 0 saturated carbocycles. The van der Waals surface area contributed by atoms with Gasteiger partial charge in [-0.15, -0.1) is 0 Å². The van der Waals surface area contributed by atoms with Crippen molar-refractivity contribution in [3.63, 3.8) is 0 Å². The molecular weight excluding hydrogens is 286 g/mol. The van der Waals surface area contributed by atoms with Gasteiger partial charge in [-0.25, -0.2) is 0 Å². The van der Waals surface area contributed by atoms with E-state index in [9.17, 15) is 0 Å². The quantitative estimate of drug-likeness (QED) is 0.509. The number of hydrogen-bond acceptors (Lipinski definition) is 4. The molecule has 0 rings (SSSR count). The molecule has 4 nitrogen and oxygen atoms in total. The normalized spacial score (nSPS) is 15.0. The summed E-state index contributed by atoms with van der Waals surface area (Å²) in [5.41, 5.74) is 0.328. The van der Waals surface area contributed by atoms with Gasteiger partial charge in [-0.1, -0.05) is 0 Å². The van der Waals surface area contributed by atoms with Crippen LogP contribution in [0, 0.1) is 0 Å². The Bertz CT molecular complexity index is 303. The van der Waals surface area contributed by atoms with Crippen molar-refractivity contribution in [1.29, 1.82) is 0 Å². The van der Waals surface area contributed by atoms with Crippen molar-refractivity contribution in [2.45, 2.75) is 97.9 Å². The van der Waals surface area contributed by atoms with E-state index < -0.39 is 0 Å². The van der Waals surface area contributed by atoms with Gasteiger partial charge < -0.3 is 20.7 Å². The lowest BCUT2D eigenvalue weighted by molar-refractivity contribution is -0.00159. The first-order chi connectivity index (χ1) is 10.3. The molecular formula is C19H43N3O. The molecule has 0 aliphatic carbocycles. The van der Waals surface area contributed by atoms with Crippen LogP contribution in [0.4, 0.5) is 0 Å². The van der Waals surface area contributed by atoms with E-state index in [-0.39, 0.29) is 16.7 Å². The highest BCUT2D eigenvalue weighted by Crippen LogP contribution is 2.13. The van der Waals surface area contributed by atoms with Crippen molar-refractivity contribution in [3.8, 4) is 0 Å². The molecule has 0 saturated heterocycles. The Kier molecular flexibility index (Phi) is 9.90. The maximum Gasteiger partial charge on any atom is 0.0599 e. The molecule has 1 unspecified atom stereocenters. The van der Waals surface area contributed by atoms with E-state index in [0.717, 1.165) is 32.7 Å². The van der Waals surface area contributed by atoms with Crippen LogP contribution in [-0.4, -0.2) is 49.0 Å². The fraction of sp³-hybridized carbons (Fsp3) is 1.00. The number of nitrogens with one attached hydrogen (secondary N) is 3. The summed E-state index contributed by atoms with van der Waals surface area (Å²) >= 11 is 0. The summed E-state index contributed by atoms with van der Waals surface area (Å²) in [5.74, 6) is 0. The molecule has 0 amide bonds. The van der Waals surface area contributed by atoms with Crippen LogP contribution >= 0.6 is 0 Å². The van der Waals surface area contributed by atoms with Crippen molar-refractivity contribution in [3.05, 3.63) is 0 Å². The molecule has 0 spiro atoms. The minimum atomic E-state index is -0.0437. The third-order valence-electron chi connectivity index (χ3n) is 3.72. The van der Waals surface area contributed by atoms with Gasteiger partial charge in [-0.05, 0) is 75.2 Å². The summed E-state index contributed by atoms with van der Waals surface area (Å²) in [6.45, 7) is 23.4. The van der Waals surface area contributed by atoms with Crippen molar-refractivity contribution >= 4 is 0 Å². The fourth-order valence-corrected chi connectivity index (χ4v) is 2.27. The zero-order valence-electron chi connectivity index (χ0n) is 17.2. The highest BCUT2D eigenvalue weighted by Gasteiger charge is 2.18. The largest absolute Gasteiger partial charge is 0.375 e. The average Bonchev–Trinajstić information content (AvgIpc) is 2.36. The highest BCUT2D eigenvalue weighted by atomic mass is 16.5. The average molecular weight is 330 g/mol. The standard InChI is InChI=1S/C19H43N3O/c1-16(20-14-15-23-18(5,6)7)10-11-19(8,9)22-13-12-21-17(2,3)4/h16,20-22H,10-15H2,1-9H3. The van der Waals surface area contributed by atoms with Gasteiger partial charge >= 0.3 is 0 Å². The van der Waals surface area contributed by atoms with E-state index in [1.807, 2.05) is 0 Å². The van der Waals surface area contributed by atoms with E-state index in [1.54, 1.807) is 0 Å². The van der Waals surface area contributed by atoms with Gasteiger partial charge in [0.15, 0.2) is 0 Å². The van der Waals surface area contributed by atoms with E-state index in [4.69, 9.17) is 4.74 Å². The van der Waals surface area contributed by atoms with Crippen LogP contribution in [0.25, 0.3) is 0 Å². The Balaban J connectivity index is 3.77. The van der Waals surface area contributed by atoms with Crippen LogP contribution in [0.3, 0.4) is 0 Å². The molecule has 140 valence electrons. The molecule has 1 atom stereocenters. The van der Waals surface area contributed by atoms with Crippen LogP contribution in [-0.2, 0) is 4.74 Å². The molecule has 0 aliphatic rings. The topological polar surface area (TPSA) is 45.3 Å². The van der Waals surface area contributed by atoms with Crippen LogP contribution in [0.1, 0.15) is 75.2 Å². The molecule has 0 radical (unpaired) electrons. The summed E-state index contributed by atoms with van der Waals surface area (Å²) in [6.07, 6.45) is 2.33. The molecule has 0 fully saturated rings. The highest BCUT2D eigenvalue weighted by molar-refractivity contribution is 4.80. The third-order valence-corrected chi connectivity index (χ3v) is 3.72. The van der Waals surface area contributed by atoms with Gasteiger partial charge in [0.1, 0.15) is 0 Å². The van der Waals surface area contributed by atoms with Gasteiger partial charge in [-0.2, -0.15) is 0 Å². The SMILES string of the molecule is CC(CCC(C)(C)NCCNC(C)(C)C)NCCOC(C)(C)C. The van der Waals surface area contributed by atoms with Gasteiger partial charge in [0.2, 0.25) is 0 Å². The number of ether oxygens (including phenoxy) is 1. The molecule has 0 aromatic rings. The summed E-state index contributed by atoms with van der Waals surface area (Å²) in [4.78, 5) is 0. The first kappa shape index (κ1) is 22.8. The first-order valence-electron chi connectivity index (χ1n) is 9.18. The maximum absolute atomic E-state index is 5.74. The Labute approximate surface area is 145 Å². The number of hydrogen-bond donors (Lipinski definition) is 3. The van der Waals surface area contributed by atoms with Crippen molar-refractivity contribution < 1.29 is 4.74 Å². The monoisotopic (exact) mass is 329 g/mol. The first-order valence-corrected chi connectivity index (χ1v) is 9.18. The van der Waals surface area contributed by atoms with E-state index in [1.165, 1.54) is 6.42 Å². The minimum Gasteiger partial charge on any atom is -0.375 e. The summed E-state index contributed by atoms with van der Waals surface area (Å²) in [7, 11) is 0. The molecule has 0 heterocycles. The van der Waals surface area contributed by atoms with Crippen molar-refractivity contribution in [1.82, 2.24) is 16.0 Å². The molecule has 23 heavy (non-hydrogen) atoms. The Morgan fingerprint density at radius 1 is 0.826 bits per heavy atom. The predicted molar refractivity (Wildman–Crippen MR) is 102 cm³/mol. The molecule has 0 aliphatic heterocycles. The van der Waals surface area contributed by atoms with E-state index in [2.05, 4.69) is 78.3 Å². The van der Waals surface area contributed by atoms with Crippen LogP contribution in [0.15, 0.2) is 0 Å². The van der Waals surface area contributed by atoms with Crippen LogP contribution in [0.2, 0.25) is 0 Å². The second-order valence-electron chi connectivity index (χ2n) is 9.34. The van der Waals surface area contributed by atoms with Crippen molar-refractivity contribution in [2.75, 3.05) is 26.2 Å². The smallest absolute Gasteiger partial charge is 0.0599 e. The Morgan fingerprint density at radius 2 is 1.39 bits per heavy atom. The van der Waals surface area contributed by atoms with Crippen LogP contribution < -0.4 is 16.0 Å². The van der Waals surface area contributed by atoms with Gasteiger partial charge in [0, 0.05) is 36.8 Å².